The molecule has 0 spiro atoms. The lowest BCUT2D eigenvalue weighted by molar-refractivity contribution is -0.121. The van der Waals surface area contributed by atoms with Gasteiger partial charge in [-0.05, 0) is 74.0 Å². The van der Waals surface area contributed by atoms with Gasteiger partial charge in [0.15, 0.2) is 12.4 Å². The predicted octanol–water partition coefficient (Wildman–Crippen LogP) is 4.09. The van der Waals surface area contributed by atoms with Crippen molar-refractivity contribution in [3.63, 3.8) is 0 Å². The van der Waals surface area contributed by atoms with E-state index in [0.717, 1.165) is 16.5 Å². The summed E-state index contributed by atoms with van der Waals surface area (Å²) in [5.41, 5.74) is 1.90. The minimum Gasteiger partial charge on any atom is -0.482 e. The molecule has 0 radical (unpaired) electrons. The van der Waals surface area contributed by atoms with E-state index < -0.39 is 0 Å². The smallest absolute Gasteiger partial charge is 0.262 e. The summed E-state index contributed by atoms with van der Waals surface area (Å²) in [5.74, 6) is 0.268. The van der Waals surface area contributed by atoms with Gasteiger partial charge in [0.05, 0.1) is 11.7 Å². The van der Waals surface area contributed by atoms with Crippen molar-refractivity contribution >= 4 is 39.7 Å². The van der Waals surface area contributed by atoms with E-state index in [1.165, 1.54) is 0 Å². The number of anilines is 2. The van der Waals surface area contributed by atoms with Gasteiger partial charge in [-0.1, -0.05) is 30.3 Å². The second-order valence-electron chi connectivity index (χ2n) is 8.95. The molecule has 0 aromatic heterocycles. The third kappa shape index (κ3) is 4.52. The Bertz CT molecular complexity index is 1260. The second-order valence-corrected chi connectivity index (χ2v) is 8.95. The van der Waals surface area contributed by atoms with Crippen molar-refractivity contribution < 1.29 is 19.1 Å². The largest absolute Gasteiger partial charge is 0.482 e. The summed E-state index contributed by atoms with van der Waals surface area (Å²) in [4.78, 5) is 39.7. The molecule has 5 rings (SSSR count). The Morgan fingerprint density at radius 3 is 2.59 bits per heavy atom. The van der Waals surface area contributed by atoms with Crippen molar-refractivity contribution in [2.75, 3.05) is 30.3 Å². The Hall–Kier alpha value is -3.71. The lowest BCUT2D eigenvalue weighted by Gasteiger charge is -2.34. The maximum Gasteiger partial charge on any atom is 0.262 e. The summed E-state index contributed by atoms with van der Waals surface area (Å²) in [6.07, 6.45) is 1.37. The van der Waals surface area contributed by atoms with E-state index in [9.17, 15) is 14.4 Å². The number of piperidine rings is 1. The van der Waals surface area contributed by atoms with E-state index >= 15 is 0 Å². The van der Waals surface area contributed by atoms with E-state index in [-0.39, 0.29) is 36.2 Å². The number of benzene rings is 3. The normalized spacial score (nSPS) is 17.4. The quantitative estimate of drug-likeness (QED) is 0.564. The molecule has 7 nitrogen and oxygen atoms in total. The summed E-state index contributed by atoms with van der Waals surface area (Å²) in [6, 6.07) is 18.8. The highest BCUT2D eigenvalue weighted by molar-refractivity contribution is 6.02. The molecule has 3 aromatic carbocycles. The first kappa shape index (κ1) is 22.1. The van der Waals surface area contributed by atoms with Gasteiger partial charge in [-0.15, -0.1) is 0 Å². The summed E-state index contributed by atoms with van der Waals surface area (Å²) < 4.78 is 5.37. The Labute approximate surface area is 198 Å². The zero-order valence-electron chi connectivity index (χ0n) is 19.0. The molecule has 7 heteroatoms. The number of ketones is 1. The van der Waals surface area contributed by atoms with Crippen molar-refractivity contribution in [1.29, 1.82) is 0 Å². The topological polar surface area (TPSA) is 87.7 Å². The number of fused-ring (bicyclic) bond motifs is 2. The molecule has 0 saturated carbocycles. The molecule has 2 heterocycles. The second kappa shape index (κ2) is 9.27. The highest BCUT2D eigenvalue weighted by Gasteiger charge is 2.31. The predicted molar refractivity (Wildman–Crippen MR) is 131 cm³/mol. The number of likely N-dealkylation sites (tertiary alicyclic amines) is 1. The highest BCUT2D eigenvalue weighted by atomic mass is 16.5. The number of nitrogens with one attached hydrogen (secondary N) is 2. The highest BCUT2D eigenvalue weighted by Crippen LogP contribution is 2.31. The molecule has 2 amide bonds. The van der Waals surface area contributed by atoms with Gasteiger partial charge >= 0.3 is 0 Å². The lowest BCUT2D eigenvalue weighted by atomic mass is 9.88. The first-order valence-corrected chi connectivity index (χ1v) is 11.6. The number of ether oxygens (including phenoxy) is 1. The van der Waals surface area contributed by atoms with Crippen molar-refractivity contribution in [3.8, 4) is 5.75 Å². The van der Waals surface area contributed by atoms with Crippen LogP contribution in [-0.4, -0.2) is 48.2 Å². The first-order chi connectivity index (χ1) is 16.5. The molecule has 1 saturated heterocycles. The SMILES string of the molecule is C[C@@H](C(=O)Nc1ccc2ccccc2c1)N1CCC(C(=O)c2ccc3c(c2)NC(=O)CO3)CC1. The minimum absolute atomic E-state index is 0.00855. The van der Waals surface area contributed by atoms with Crippen LogP contribution in [0.5, 0.6) is 5.75 Å². The number of hydrogen-bond acceptors (Lipinski definition) is 5. The van der Waals surface area contributed by atoms with Crippen LogP contribution in [0.4, 0.5) is 11.4 Å². The number of carbonyl (C=O) groups excluding carboxylic acids is 3. The molecule has 2 aliphatic rings. The zero-order chi connectivity index (χ0) is 23.7. The van der Waals surface area contributed by atoms with E-state index in [0.29, 0.717) is 42.9 Å². The Morgan fingerprint density at radius 2 is 1.79 bits per heavy atom. The average molecular weight is 458 g/mol. The van der Waals surface area contributed by atoms with Crippen LogP contribution in [0.2, 0.25) is 0 Å². The maximum absolute atomic E-state index is 13.1. The molecular formula is C27H27N3O4. The van der Waals surface area contributed by atoms with Crippen molar-refractivity contribution in [2.45, 2.75) is 25.8 Å². The molecule has 34 heavy (non-hydrogen) atoms. The van der Waals surface area contributed by atoms with E-state index in [1.807, 2.05) is 49.4 Å². The van der Waals surface area contributed by atoms with Crippen molar-refractivity contribution in [3.05, 3.63) is 66.2 Å². The number of Topliss-reactive ketones (excluding diaryl/α,β-unsaturated/α-hetero) is 1. The number of carbonyl (C=O) groups is 3. The fraction of sp³-hybridized carbons (Fsp3) is 0.296. The van der Waals surface area contributed by atoms with Crippen LogP contribution in [-0.2, 0) is 9.59 Å². The van der Waals surface area contributed by atoms with Crippen LogP contribution in [0.15, 0.2) is 60.7 Å². The molecule has 2 N–H and O–H groups in total. The van der Waals surface area contributed by atoms with E-state index in [4.69, 9.17) is 4.74 Å². The molecule has 2 aliphatic heterocycles. The summed E-state index contributed by atoms with van der Waals surface area (Å²) in [5, 5.41) is 8.00. The first-order valence-electron chi connectivity index (χ1n) is 11.6. The van der Waals surface area contributed by atoms with Gasteiger partial charge in [0.2, 0.25) is 5.91 Å². The standard InChI is InChI=1S/C27H27N3O4/c1-17(27(33)28-22-8-6-18-4-2-3-5-20(18)14-22)30-12-10-19(11-13-30)26(32)21-7-9-24-23(15-21)29-25(31)16-34-24/h2-9,14-15,17,19H,10-13,16H2,1H3,(H,28,33)(H,29,31)/t17-/m0/s1. The molecule has 0 unspecified atom stereocenters. The Morgan fingerprint density at radius 1 is 1.03 bits per heavy atom. The number of amides is 2. The van der Waals surface area contributed by atoms with Crippen LogP contribution in [0, 0.1) is 5.92 Å². The summed E-state index contributed by atoms with van der Waals surface area (Å²) >= 11 is 0. The Balaban J connectivity index is 1.18. The van der Waals surface area contributed by atoms with E-state index in [1.54, 1.807) is 18.2 Å². The molecule has 1 fully saturated rings. The van der Waals surface area contributed by atoms with Gasteiger partial charge < -0.3 is 15.4 Å². The zero-order valence-corrected chi connectivity index (χ0v) is 19.0. The molecule has 1 atom stereocenters. The van der Waals surface area contributed by atoms with Gasteiger partial charge in [0.25, 0.3) is 5.91 Å². The minimum atomic E-state index is -0.293. The number of nitrogens with zero attached hydrogens (tertiary/aromatic N) is 1. The molecule has 0 bridgehead atoms. The van der Waals surface area contributed by atoms with Gasteiger partial charge in [-0.25, -0.2) is 0 Å². The van der Waals surface area contributed by atoms with Crippen LogP contribution >= 0.6 is 0 Å². The third-order valence-corrected chi connectivity index (χ3v) is 6.74. The monoisotopic (exact) mass is 457 g/mol. The van der Waals surface area contributed by atoms with Gasteiger partial charge in [-0.3, -0.25) is 19.3 Å². The summed E-state index contributed by atoms with van der Waals surface area (Å²) in [6.45, 7) is 3.25. The van der Waals surface area contributed by atoms with Gasteiger partial charge in [0.1, 0.15) is 5.75 Å². The fourth-order valence-corrected chi connectivity index (χ4v) is 4.70. The van der Waals surface area contributed by atoms with Crippen LogP contribution in [0.25, 0.3) is 10.8 Å². The average Bonchev–Trinajstić information content (AvgIpc) is 2.87. The van der Waals surface area contributed by atoms with Crippen LogP contribution in [0.1, 0.15) is 30.1 Å². The molecule has 3 aromatic rings. The molecule has 0 aliphatic carbocycles. The fourth-order valence-electron chi connectivity index (χ4n) is 4.70. The maximum atomic E-state index is 13.1. The molecular weight excluding hydrogens is 430 g/mol. The number of hydrogen-bond donors (Lipinski definition) is 2. The lowest BCUT2D eigenvalue weighted by Crippen LogP contribution is -2.47. The third-order valence-electron chi connectivity index (χ3n) is 6.74. The van der Waals surface area contributed by atoms with Gasteiger partial charge in [-0.2, -0.15) is 0 Å². The van der Waals surface area contributed by atoms with E-state index in [2.05, 4.69) is 15.5 Å². The molecule has 174 valence electrons. The number of rotatable bonds is 5. The Kier molecular flexibility index (Phi) is 6.02. The van der Waals surface area contributed by atoms with Crippen molar-refractivity contribution in [2.24, 2.45) is 5.92 Å². The van der Waals surface area contributed by atoms with Crippen LogP contribution < -0.4 is 15.4 Å². The van der Waals surface area contributed by atoms with Gasteiger partial charge in [0, 0.05) is 17.2 Å². The van der Waals surface area contributed by atoms with Crippen molar-refractivity contribution in [1.82, 2.24) is 4.90 Å². The van der Waals surface area contributed by atoms with Crippen LogP contribution in [0.3, 0.4) is 0 Å². The summed E-state index contributed by atoms with van der Waals surface area (Å²) in [7, 11) is 0.